The molecule has 0 aliphatic carbocycles. The van der Waals surface area contributed by atoms with E-state index in [0.717, 1.165) is 17.7 Å². The van der Waals surface area contributed by atoms with Crippen molar-refractivity contribution in [3.05, 3.63) is 79.8 Å². The second-order valence-electron chi connectivity index (χ2n) is 6.98. The van der Waals surface area contributed by atoms with E-state index in [1.165, 1.54) is 16.8 Å². The van der Waals surface area contributed by atoms with Gasteiger partial charge in [0.05, 0.1) is 34.7 Å². The molecule has 1 heterocycles. The molecular formula is C22H24N4O4. The normalized spacial score (nSPS) is 11.5. The number of nitrogens with zero attached hydrogens (tertiary/aromatic N) is 3. The van der Waals surface area contributed by atoms with E-state index >= 15 is 0 Å². The van der Waals surface area contributed by atoms with Crippen LogP contribution in [0.15, 0.2) is 52.3 Å². The van der Waals surface area contributed by atoms with Gasteiger partial charge in [-0.2, -0.15) is 0 Å². The average Bonchev–Trinajstić information content (AvgIpc) is 3.05. The second kappa shape index (κ2) is 8.77. The van der Waals surface area contributed by atoms with Crippen LogP contribution >= 0.6 is 0 Å². The molecule has 0 bridgehead atoms. The minimum Gasteiger partial charge on any atom is -0.497 e. The van der Waals surface area contributed by atoms with Gasteiger partial charge >= 0.3 is 0 Å². The van der Waals surface area contributed by atoms with Gasteiger partial charge in [0, 0.05) is 17.8 Å². The Morgan fingerprint density at radius 3 is 2.53 bits per heavy atom. The van der Waals surface area contributed by atoms with Gasteiger partial charge in [-0.15, -0.1) is 0 Å². The summed E-state index contributed by atoms with van der Waals surface area (Å²) < 4.78 is 6.67. The van der Waals surface area contributed by atoms with Gasteiger partial charge in [-0.3, -0.25) is 25.0 Å². The van der Waals surface area contributed by atoms with Crippen LogP contribution < -0.4 is 10.3 Å². The number of nitro benzene ring substituents is 1. The predicted molar refractivity (Wildman–Crippen MR) is 117 cm³/mol. The van der Waals surface area contributed by atoms with Gasteiger partial charge in [0.15, 0.2) is 0 Å². The lowest BCUT2D eigenvalue weighted by Gasteiger charge is -2.04. The minimum atomic E-state index is -0.455. The fourth-order valence-corrected chi connectivity index (χ4v) is 3.27. The first kappa shape index (κ1) is 21.0. The van der Waals surface area contributed by atoms with Crippen molar-refractivity contribution in [2.24, 2.45) is 4.99 Å². The SMILES string of the molecule is CCCc1[nH]n(-c2ccc(OC)cc2)c(=O)c1C(C)=Nc1cc([N+](=O)[O-])ccc1C. The van der Waals surface area contributed by atoms with Crippen molar-refractivity contribution in [1.82, 2.24) is 9.78 Å². The molecule has 0 atom stereocenters. The molecule has 0 unspecified atom stereocenters. The van der Waals surface area contributed by atoms with Crippen LogP contribution in [0.1, 0.15) is 37.1 Å². The van der Waals surface area contributed by atoms with Crippen LogP contribution in [-0.2, 0) is 6.42 Å². The number of aromatic nitrogens is 2. The highest BCUT2D eigenvalue weighted by Gasteiger charge is 2.18. The molecule has 8 heteroatoms. The molecule has 0 aliphatic rings. The van der Waals surface area contributed by atoms with E-state index in [0.29, 0.717) is 34.8 Å². The molecule has 3 aromatic rings. The molecule has 1 aromatic heterocycles. The van der Waals surface area contributed by atoms with Gasteiger partial charge in [-0.25, -0.2) is 4.68 Å². The highest BCUT2D eigenvalue weighted by atomic mass is 16.6. The summed E-state index contributed by atoms with van der Waals surface area (Å²) in [6.07, 6.45) is 1.52. The predicted octanol–water partition coefficient (Wildman–Crippen LogP) is 4.48. The largest absolute Gasteiger partial charge is 0.497 e. The monoisotopic (exact) mass is 408 g/mol. The van der Waals surface area contributed by atoms with Crippen molar-refractivity contribution in [3.8, 4) is 11.4 Å². The summed E-state index contributed by atoms with van der Waals surface area (Å²) in [5.74, 6) is 0.700. The molecular weight excluding hydrogens is 384 g/mol. The Labute approximate surface area is 174 Å². The smallest absolute Gasteiger partial charge is 0.280 e. The molecule has 0 aliphatic heterocycles. The van der Waals surface area contributed by atoms with Gasteiger partial charge in [0.2, 0.25) is 0 Å². The van der Waals surface area contributed by atoms with Crippen molar-refractivity contribution in [1.29, 1.82) is 0 Å². The quantitative estimate of drug-likeness (QED) is 0.353. The first-order chi connectivity index (χ1) is 14.3. The lowest BCUT2D eigenvalue weighted by atomic mass is 10.1. The number of nitrogens with one attached hydrogen (secondary N) is 1. The number of aliphatic imine (C=N–C) groups is 1. The molecule has 0 fully saturated rings. The summed E-state index contributed by atoms with van der Waals surface area (Å²) in [6, 6.07) is 11.7. The van der Waals surface area contributed by atoms with Crippen LogP contribution in [0.2, 0.25) is 0 Å². The highest BCUT2D eigenvalue weighted by Crippen LogP contribution is 2.25. The first-order valence-electron chi connectivity index (χ1n) is 9.64. The van der Waals surface area contributed by atoms with Crippen LogP contribution in [0.3, 0.4) is 0 Å². The Balaban J connectivity index is 2.11. The molecule has 1 N–H and O–H groups in total. The van der Waals surface area contributed by atoms with E-state index in [1.54, 1.807) is 44.4 Å². The van der Waals surface area contributed by atoms with Crippen LogP contribution in [0.25, 0.3) is 5.69 Å². The van der Waals surface area contributed by atoms with Crippen molar-refractivity contribution in [2.45, 2.75) is 33.6 Å². The van der Waals surface area contributed by atoms with Gasteiger partial charge in [0.1, 0.15) is 5.75 Å². The van der Waals surface area contributed by atoms with Crippen molar-refractivity contribution in [2.75, 3.05) is 7.11 Å². The first-order valence-corrected chi connectivity index (χ1v) is 9.64. The summed E-state index contributed by atoms with van der Waals surface area (Å²) in [5, 5.41) is 14.3. The number of nitro groups is 1. The number of methoxy groups -OCH3 is 1. The maximum Gasteiger partial charge on any atom is 0.280 e. The number of benzene rings is 2. The molecule has 3 rings (SSSR count). The van der Waals surface area contributed by atoms with Crippen LogP contribution in [0.4, 0.5) is 11.4 Å². The Morgan fingerprint density at radius 2 is 1.93 bits per heavy atom. The van der Waals surface area contributed by atoms with E-state index in [2.05, 4.69) is 10.1 Å². The van der Waals surface area contributed by atoms with Gasteiger partial charge < -0.3 is 4.74 Å². The van der Waals surface area contributed by atoms with Crippen molar-refractivity contribution < 1.29 is 9.66 Å². The van der Waals surface area contributed by atoms with Gasteiger partial charge in [0.25, 0.3) is 11.2 Å². The highest BCUT2D eigenvalue weighted by molar-refractivity contribution is 6.01. The molecule has 0 saturated carbocycles. The topological polar surface area (TPSA) is 103 Å². The number of hydrogen-bond donors (Lipinski definition) is 1. The number of rotatable bonds is 7. The molecule has 2 aromatic carbocycles. The van der Waals surface area contributed by atoms with Crippen LogP contribution in [0.5, 0.6) is 5.75 Å². The number of aryl methyl sites for hydroxylation is 2. The van der Waals surface area contributed by atoms with E-state index in [9.17, 15) is 14.9 Å². The Hall–Kier alpha value is -3.68. The van der Waals surface area contributed by atoms with Crippen molar-refractivity contribution >= 4 is 17.1 Å². The van der Waals surface area contributed by atoms with E-state index < -0.39 is 4.92 Å². The average molecular weight is 408 g/mol. The lowest BCUT2D eigenvalue weighted by molar-refractivity contribution is -0.384. The zero-order chi connectivity index (χ0) is 21.8. The second-order valence-corrected chi connectivity index (χ2v) is 6.98. The van der Waals surface area contributed by atoms with E-state index in [-0.39, 0.29) is 11.2 Å². The van der Waals surface area contributed by atoms with Crippen LogP contribution in [-0.4, -0.2) is 27.5 Å². The maximum atomic E-state index is 13.2. The summed E-state index contributed by atoms with van der Waals surface area (Å²) in [6.45, 7) is 5.61. The zero-order valence-electron chi connectivity index (χ0n) is 17.4. The van der Waals surface area contributed by atoms with Crippen molar-refractivity contribution in [3.63, 3.8) is 0 Å². The number of aromatic amines is 1. The van der Waals surface area contributed by atoms with E-state index in [1.807, 2.05) is 13.8 Å². The summed E-state index contributed by atoms with van der Waals surface area (Å²) >= 11 is 0. The molecule has 30 heavy (non-hydrogen) atoms. The number of H-pyrrole nitrogens is 1. The zero-order valence-corrected chi connectivity index (χ0v) is 17.4. The maximum absolute atomic E-state index is 13.2. The lowest BCUT2D eigenvalue weighted by Crippen LogP contribution is -2.19. The third-order valence-corrected chi connectivity index (χ3v) is 4.85. The minimum absolute atomic E-state index is 0.0364. The standard InChI is InChI=1S/C22H24N4O4/c1-5-6-19-21(15(3)23-20-13-17(26(28)29)8-7-14(20)2)22(27)25(24-19)16-9-11-18(30-4)12-10-16/h7-13,24H,5-6H2,1-4H3. The number of ether oxygens (including phenoxy) is 1. The molecule has 8 nitrogen and oxygen atoms in total. The van der Waals surface area contributed by atoms with E-state index in [4.69, 9.17) is 4.74 Å². The third-order valence-electron chi connectivity index (χ3n) is 4.85. The number of hydrogen-bond acceptors (Lipinski definition) is 5. The molecule has 0 amide bonds. The fourth-order valence-electron chi connectivity index (χ4n) is 3.27. The fraction of sp³-hybridized carbons (Fsp3) is 0.273. The number of non-ortho nitro benzene ring substituents is 1. The molecule has 0 saturated heterocycles. The molecule has 0 spiro atoms. The molecule has 156 valence electrons. The van der Waals surface area contributed by atoms with Gasteiger partial charge in [-0.1, -0.05) is 19.4 Å². The Bertz CT molecular complexity index is 1160. The third kappa shape index (κ3) is 4.17. The van der Waals surface area contributed by atoms with Gasteiger partial charge in [-0.05, 0) is 50.1 Å². The Kier molecular flexibility index (Phi) is 6.15. The summed E-state index contributed by atoms with van der Waals surface area (Å²) in [7, 11) is 1.59. The molecule has 0 radical (unpaired) electrons. The van der Waals surface area contributed by atoms with Crippen LogP contribution in [0, 0.1) is 17.0 Å². The summed E-state index contributed by atoms with van der Waals surface area (Å²) in [4.78, 5) is 28.4. The Morgan fingerprint density at radius 1 is 1.23 bits per heavy atom. The summed E-state index contributed by atoms with van der Waals surface area (Å²) in [5.41, 5.74) is 3.47.